The minimum atomic E-state index is -0.865. The Kier molecular flexibility index (Phi) is 2.85. The molecule has 1 aliphatic heterocycles. The highest BCUT2D eigenvalue weighted by Crippen LogP contribution is 2.32. The lowest BCUT2D eigenvalue weighted by atomic mass is 9.81. The molecule has 0 bridgehead atoms. The van der Waals surface area contributed by atoms with Gasteiger partial charge in [-0.2, -0.15) is 10.5 Å². The van der Waals surface area contributed by atoms with Gasteiger partial charge >= 0.3 is 0 Å². The molecular formula is C12H16N5+. The SMILES string of the molecule is C[C@@H]1CCCC[C@@]12N=C(C(C#N)C#N)C(N)=[NH+]2. The van der Waals surface area contributed by atoms with Crippen LogP contribution in [-0.2, 0) is 0 Å². The number of nitrogens with zero attached hydrogens (tertiary/aromatic N) is 3. The minimum Gasteiger partial charge on any atom is -0.286 e. The number of aliphatic imine (C=N–C) groups is 1. The summed E-state index contributed by atoms with van der Waals surface area (Å²) in [6.07, 6.45) is 4.32. The van der Waals surface area contributed by atoms with Crippen LogP contribution in [0.2, 0.25) is 0 Å². The lowest BCUT2D eigenvalue weighted by Gasteiger charge is -2.32. The van der Waals surface area contributed by atoms with E-state index in [1.54, 1.807) is 0 Å². The summed E-state index contributed by atoms with van der Waals surface area (Å²) in [5, 5.41) is 17.8. The lowest BCUT2D eigenvalue weighted by Crippen LogP contribution is -2.88. The largest absolute Gasteiger partial charge is 0.291 e. The van der Waals surface area contributed by atoms with Crippen molar-refractivity contribution in [2.24, 2.45) is 22.6 Å². The molecule has 0 aromatic carbocycles. The van der Waals surface area contributed by atoms with Crippen LogP contribution in [0.4, 0.5) is 0 Å². The first kappa shape index (κ1) is 11.6. The summed E-state index contributed by atoms with van der Waals surface area (Å²) >= 11 is 0. The molecule has 1 spiro atoms. The summed E-state index contributed by atoms with van der Waals surface area (Å²) in [5.74, 6) is -0.0896. The van der Waals surface area contributed by atoms with Crippen molar-refractivity contribution in [3.05, 3.63) is 0 Å². The Hall–Kier alpha value is -1.88. The van der Waals surface area contributed by atoms with E-state index < -0.39 is 5.92 Å². The van der Waals surface area contributed by atoms with E-state index in [-0.39, 0.29) is 5.66 Å². The molecule has 0 amide bonds. The number of nitriles is 2. The van der Waals surface area contributed by atoms with Crippen LogP contribution < -0.4 is 10.7 Å². The Labute approximate surface area is 101 Å². The highest BCUT2D eigenvalue weighted by molar-refractivity contribution is 6.41. The van der Waals surface area contributed by atoms with Gasteiger partial charge in [0.05, 0.1) is 12.1 Å². The molecule has 2 aliphatic rings. The second-order valence-electron chi connectivity index (χ2n) is 4.80. The molecule has 17 heavy (non-hydrogen) atoms. The summed E-state index contributed by atoms with van der Waals surface area (Å²) in [6, 6.07) is 3.86. The molecule has 0 radical (unpaired) electrons. The van der Waals surface area contributed by atoms with Crippen LogP contribution in [0.15, 0.2) is 4.99 Å². The first-order chi connectivity index (χ1) is 8.13. The van der Waals surface area contributed by atoms with Crippen LogP contribution in [-0.4, -0.2) is 17.2 Å². The lowest BCUT2D eigenvalue weighted by molar-refractivity contribution is -0.562. The van der Waals surface area contributed by atoms with E-state index in [1.807, 2.05) is 12.1 Å². The van der Waals surface area contributed by atoms with Crippen LogP contribution in [0, 0.1) is 34.5 Å². The van der Waals surface area contributed by atoms with Crippen molar-refractivity contribution in [2.75, 3.05) is 0 Å². The Bertz CT molecular complexity index is 450. The smallest absolute Gasteiger partial charge is 0.286 e. The average molecular weight is 230 g/mol. The topological polar surface area (TPSA) is 99.9 Å². The maximum absolute atomic E-state index is 8.91. The van der Waals surface area contributed by atoms with Gasteiger partial charge in [-0.05, 0) is 12.8 Å². The predicted molar refractivity (Wildman–Crippen MR) is 62.7 cm³/mol. The average Bonchev–Trinajstić information content (AvgIpc) is 2.64. The highest BCUT2D eigenvalue weighted by Gasteiger charge is 2.46. The molecule has 3 N–H and O–H groups in total. The van der Waals surface area contributed by atoms with E-state index in [2.05, 4.69) is 16.9 Å². The van der Waals surface area contributed by atoms with Crippen LogP contribution in [0.5, 0.6) is 0 Å². The molecule has 5 nitrogen and oxygen atoms in total. The molecule has 1 fully saturated rings. The van der Waals surface area contributed by atoms with E-state index in [0.29, 0.717) is 17.5 Å². The molecule has 1 saturated carbocycles. The zero-order valence-electron chi connectivity index (χ0n) is 9.90. The Morgan fingerprint density at radius 1 is 1.47 bits per heavy atom. The fraction of sp³-hybridized carbons (Fsp3) is 0.667. The van der Waals surface area contributed by atoms with Gasteiger partial charge in [0.2, 0.25) is 0 Å². The third kappa shape index (κ3) is 1.78. The molecule has 1 aliphatic carbocycles. The van der Waals surface area contributed by atoms with Gasteiger partial charge in [0.1, 0.15) is 0 Å². The van der Waals surface area contributed by atoms with Crippen molar-refractivity contribution in [2.45, 2.75) is 38.3 Å². The van der Waals surface area contributed by atoms with E-state index in [4.69, 9.17) is 16.3 Å². The predicted octanol–water partition coefficient (Wildman–Crippen LogP) is -0.551. The van der Waals surface area contributed by atoms with Gasteiger partial charge in [0.15, 0.2) is 17.3 Å². The standard InChI is InChI=1S/C12H15N5/c1-8-4-2-3-5-12(8)16-10(11(15)17-12)9(6-13)7-14/h8-9H,2-5H2,1H3,(H2,15,17)/p+1/t8-,12+/m1/s1. The van der Waals surface area contributed by atoms with Crippen molar-refractivity contribution < 1.29 is 4.99 Å². The molecule has 88 valence electrons. The molecule has 0 aromatic rings. The Morgan fingerprint density at radius 3 is 2.76 bits per heavy atom. The number of nitrogens with two attached hydrogens (primary N) is 1. The number of amidine groups is 1. The summed E-state index contributed by atoms with van der Waals surface area (Å²) < 4.78 is 0. The van der Waals surface area contributed by atoms with Gasteiger partial charge in [-0.25, -0.2) is 9.98 Å². The van der Waals surface area contributed by atoms with E-state index in [9.17, 15) is 0 Å². The third-order valence-electron chi connectivity index (χ3n) is 3.74. The molecule has 2 atom stereocenters. The van der Waals surface area contributed by atoms with Crippen molar-refractivity contribution in [1.82, 2.24) is 0 Å². The van der Waals surface area contributed by atoms with Crippen LogP contribution >= 0.6 is 0 Å². The summed E-state index contributed by atoms with van der Waals surface area (Å²) in [5.41, 5.74) is 5.92. The van der Waals surface area contributed by atoms with Crippen LogP contribution in [0.1, 0.15) is 32.6 Å². The molecule has 0 unspecified atom stereocenters. The van der Waals surface area contributed by atoms with Crippen molar-refractivity contribution >= 4 is 11.5 Å². The van der Waals surface area contributed by atoms with Crippen LogP contribution in [0.3, 0.4) is 0 Å². The van der Waals surface area contributed by atoms with Gasteiger partial charge in [0.25, 0.3) is 5.84 Å². The Balaban J connectivity index is 2.37. The zero-order valence-corrected chi connectivity index (χ0v) is 9.90. The number of hydrogen-bond donors (Lipinski definition) is 2. The fourth-order valence-corrected chi connectivity index (χ4v) is 2.65. The van der Waals surface area contributed by atoms with E-state index in [0.717, 1.165) is 19.3 Å². The molecule has 2 rings (SSSR count). The molecular weight excluding hydrogens is 214 g/mol. The fourth-order valence-electron chi connectivity index (χ4n) is 2.65. The summed E-state index contributed by atoms with van der Waals surface area (Å²) in [7, 11) is 0. The van der Waals surface area contributed by atoms with Crippen molar-refractivity contribution in [1.29, 1.82) is 10.5 Å². The van der Waals surface area contributed by atoms with Gasteiger partial charge in [0, 0.05) is 12.3 Å². The summed E-state index contributed by atoms with van der Waals surface area (Å²) in [4.78, 5) is 7.79. The zero-order chi connectivity index (χ0) is 12.5. The van der Waals surface area contributed by atoms with Gasteiger partial charge in [-0.15, -0.1) is 0 Å². The minimum absolute atomic E-state index is 0.371. The normalized spacial score (nSPS) is 31.9. The Morgan fingerprint density at radius 2 is 2.18 bits per heavy atom. The third-order valence-corrected chi connectivity index (χ3v) is 3.74. The van der Waals surface area contributed by atoms with E-state index >= 15 is 0 Å². The van der Waals surface area contributed by atoms with Gasteiger partial charge in [-0.3, -0.25) is 5.73 Å². The van der Waals surface area contributed by atoms with Crippen LogP contribution in [0.25, 0.3) is 0 Å². The first-order valence-corrected chi connectivity index (χ1v) is 5.93. The van der Waals surface area contributed by atoms with E-state index in [1.165, 1.54) is 6.42 Å². The monoisotopic (exact) mass is 230 g/mol. The number of nitrogens with one attached hydrogen (secondary N) is 1. The molecule has 0 saturated heterocycles. The maximum atomic E-state index is 8.91. The molecule has 0 aromatic heterocycles. The van der Waals surface area contributed by atoms with Gasteiger partial charge in [-0.1, -0.05) is 13.3 Å². The second-order valence-corrected chi connectivity index (χ2v) is 4.80. The molecule has 5 heteroatoms. The first-order valence-electron chi connectivity index (χ1n) is 5.93. The highest BCUT2D eigenvalue weighted by atomic mass is 15.2. The number of rotatable bonds is 1. The number of hydrogen-bond acceptors (Lipinski definition) is 4. The quantitative estimate of drug-likeness (QED) is 0.632. The summed E-state index contributed by atoms with van der Waals surface area (Å²) in [6.45, 7) is 2.14. The molecule has 1 heterocycles. The van der Waals surface area contributed by atoms with Crippen molar-refractivity contribution in [3.8, 4) is 12.1 Å². The van der Waals surface area contributed by atoms with Gasteiger partial charge < -0.3 is 0 Å². The van der Waals surface area contributed by atoms with Crippen molar-refractivity contribution in [3.63, 3.8) is 0 Å². The maximum Gasteiger partial charge on any atom is 0.291 e. The second kappa shape index (κ2) is 4.18.